The summed E-state index contributed by atoms with van der Waals surface area (Å²) in [6.07, 6.45) is -0.918. The fourth-order valence-electron chi connectivity index (χ4n) is 0.931. The zero-order chi connectivity index (χ0) is 10.3. The number of rotatable bonds is 5. The second-order valence-corrected chi connectivity index (χ2v) is 2.49. The lowest BCUT2D eigenvalue weighted by Crippen LogP contribution is -2.43. The number of carbonyl (C=O) groups is 1. The Kier molecular flexibility index (Phi) is 6.26. The van der Waals surface area contributed by atoms with Gasteiger partial charge >= 0.3 is 6.09 Å². The van der Waals surface area contributed by atoms with E-state index in [1.54, 1.807) is 13.8 Å². The van der Waals surface area contributed by atoms with E-state index in [0.29, 0.717) is 6.61 Å². The highest BCUT2D eigenvalue weighted by molar-refractivity contribution is 5.67. The fourth-order valence-corrected chi connectivity index (χ4v) is 0.931. The Hall–Kier alpha value is -0.810. The van der Waals surface area contributed by atoms with Gasteiger partial charge in [0.25, 0.3) is 0 Å². The molecule has 0 aliphatic carbocycles. The molecular formula is C8H17NO4. The predicted molar refractivity (Wildman–Crippen MR) is 47.4 cm³/mol. The minimum atomic E-state index is -0.464. The lowest BCUT2D eigenvalue weighted by molar-refractivity contribution is -0.118. The van der Waals surface area contributed by atoms with Crippen LogP contribution in [0.1, 0.15) is 13.8 Å². The molecule has 1 unspecified atom stereocenters. The standard InChI is InChI=1S/C8H17NO4/c1-5-13-8(10)9-6(2)7(11-3)12-4/h6-7H,5H2,1-4H3,(H,9,10). The molecule has 0 saturated carbocycles. The van der Waals surface area contributed by atoms with E-state index in [4.69, 9.17) is 14.2 Å². The lowest BCUT2D eigenvalue weighted by atomic mass is 10.3. The van der Waals surface area contributed by atoms with Gasteiger partial charge in [-0.3, -0.25) is 0 Å². The van der Waals surface area contributed by atoms with Crippen molar-refractivity contribution in [2.45, 2.75) is 26.2 Å². The highest BCUT2D eigenvalue weighted by Crippen LogP contribution is 1.98. The van der Waals surface area contributed by atoms with E-state index in [0.717, 1.165) is 0 Å². The quantitative estimate of drug-likeness (QED) is 0.651. The topological polar surface area (TPSA) is 56.8 Å². The van der Waals surface area contributed by atoms with Crippen molar-refractivity contribution in [1.29, 1.82) is 0 Å². The third-order valence-corrected chi connectivity index (χ3v) is 1.49. The highest BCUT2D eigenvalue weighted by atomic mass is 16.7. The average Bonchev–Trinajstić information content (AvgIpc) is 2.06. The minimum Gasteiger partial charge on any atom is -0.450 e. The molecule has 78 valence electrons. The van der Waals surface area contributed by atoms with Crippen LogP contribution in [0.4, 0.5) is 4.79 Å². The molecular weight excluding hydrogens is 174 g/mol. The van der Waals surface area contributed by atoms with Crippen LogP contribution in [0.15, 0.2) is 0 Å². The Morgan fingerprint density at radius 2 is 1.92 bits per heavy atom. The van der Waals surface area contributed by atoms with Gasteiger partial charge in [-0.15, -0.1) is 0 Å². The average molecular weight is 191 g/mol. The molecule has 1 atom stereocenters. The van der Waals surface area contributed by atoms with Crippen LogP contribution < -0.4 is 5.32 Å². The Balaban J connectivity index is 3.82. The monoisotopic (exact) mass is 191 g/mol. The van der Waals surface area contributed by atoms with Crippen LogP contribution in [-0.4, -0.2) is 39.3 Å². The Bertz CT molecular complexity index is 147. The van der Waals surface area contributed by atoms with Crippen LogP contribution in [0, 0.1) is 0 Å². The molecule has 0 saturated heterocycles. The molecule has 5 heteroatoms. The second kappa shape index (κ2) is 6.68. The van der Waals surface area contributed by atoms with Crippen LogP contribution in [0.3, 0.4) is 0 Å². The number of hydrogen-bond donors (Lipinski definition) is 1. The summed E-state index contributed by atoms with van der Waals surface area (Å²) < 4.78 is 14.6. The van der Waals surface area contributed by atoms with Crippen molar-refractivity contribution >= 4 is 6.09 Å². The smallest absolute Gasteiger partial charge is 0.407 e. The van der Waals surface area contributed by atoms with Crippen molar-refractivity contribution in [2.75, 3.05) is 20.8 Å². The van der Waals surface area contributed by atoms with E-state index in [2.05, 4.69) is 5.32 Å². The van der Waals surface area contributed by atoms with Gasteiger partial charge in [-0.1, -0.05) is 0 Å². The summed E-state index contributed by atoms with van der Waals surface area (Å²) in [5.74, 6) is 0. The maximum Gasteiger partial charge on any atom is 0.407 e. The van der Waals surface area contributed by atoms with Crippen molar-refractivity contribution in [3.05, 3.63) is 0 Å². The summed E-state index contributed by atoms with van der Waals surface area (Å²) in [5, 5.41) is 2.57. The van der Waals surface area contributed by atoms with E-state index < -0.39 is 12.4 Å². The van der Waals surface area contributed by atoms with Gasteiger partial charge in [-0.2, -0.15) is 0 Å². The molecule has 1 amide bonds. The number of amides is 1. The van der Waals surface area contributed by atoms with Gasteiger partial charge in [0.05, 0.1) is 12.6 Å². The summed E-state index contributed by atoms with van der Waals surface area (Å²) in [4.78, 5) is 10.9. The predicted octanol–water partition coefficient (Wildman–Crippen LogP) is 0.740. The van der Waals surface area contributed by atoms with Crippen molar-refractivity contribution < 1.29 is 19.0 Å². The van der Waals surface area contributed by atoms with Crippen molar-refractivity contribution in [2.24, 2.45) is 0 Å². The van der Waals surface area contributed by atoms with Crippen LogP contribution in [0.5, 0.6) is 0 Å². The first-order chi connectivity index (χ1) is 6.15. The molecule has 0 spiro atoms. The molecule has 0 aromatic carbocycles. The molecule has 0 radical (unpaired) electrons. The van der Waals surface area contributed by atoms with Crippen LogP contribution >= 0.6 is 0 Å². The van der Waals surface area contributed by atoms with Crippen LogP contribution in [-0.2, 0) is 14.2 Å². The third-order valence-electron chi connectivity index (χ3n) is 1.49. The molecule has 1 N–H and O–H groups in total. The molecule has 0 heterocycles. The fraction of sp³-hybridized carbons (Fsp3) is 0.875. The molecule has 0 aromatic heterocycles. The summed E-state index contributed by atoms with van der Waals surface area (Å²) in [6, 6.07) is -0.242. The molecule has 0 bridgehead atoms. The summed E-state index contributed by atoms with van der Waals surface area (Å²) in [6.45, 7) is 3.87. The minimum absolute atomic E-state index is 0.242. The van der Waals surface area contributed by atoms with Gasteiger partial charge in [-0.25, -0.2) is 4.79 Å². The molecule has 0 fully saturated rings. The summed E-state index contributed by atoms with van der Waals surface area (Å²) in [7, 11) is 3.02. The zero-order valence-electron chi connectivity index (χ0n) is 8.49. The Labute approximate surface area is 78.3 Å². The second-order valence-electron chi connectivity index (χ2n) is 2.49. The lowest BCUT2D eigenvalue weighted by Gasteiger charge is -2.21. The zero-order valence-corrected chi connectivity index (χ0v) is 8.49. The first-order valence-corrected chi connectivity index (χ1v) is 4.14. The maximum atomic E-state index is 10.9. The molecule has 5 nitrogen and oxygen atoms in total. The van der Waals surface area contributed by atoms with Crippen molar-refractivity contribution in [1.82, 2.24) is 5.32 Å². The maximum absolute atomic E-state index is 10.9. The highest BCUT2D eigenvalue weighted by Gasteiger charge is 2.17. The van der Waals surface area contributed by atoms with E-state index in [1.807, 2.05) is 0 Å². The molecule has 0 aromatic rings. The van der Waals surface area contributed by atoms with Crippen molar-refractivity contribution in [3.63, 3.8) is 0 Å². The van der Waals surface area contributed by atoms with E-state index in [-0.39, 0.29) is 6.04 Å². The number of ether oxygens (including phenoxy) is 3. The van der Waals surface area contributed by atoms with Gasteiger partial charge < -0.3 is 19.5 Å². The van der Waals surface area contributed by atoms with Gasteiger partial charge in [0.15, 0.2) is 6.29 Å². The Morgan fingerprint density at radius 1 is 1.38 bits per heavy atom. The van der Waals surface area contributed by atoms with E-state index in [1.165, 1.54) is 14.2 Å². The SMILES string of the molecule is CCOC(=O)NC(C)C(OC)OC. The normalized spacial score (nSPS) is 12.7. The van der Waals surface area contributed by atoms with Gasteiger partial charge in [0.1, 0.15) is 0 Å². The van der Waals surface area contributed by atoms with E-state index in [9.17, 15) is 4.79 Å². The molecule has 0 aliphatic rings. The van der Waals surface area contributed by atoms with Crippen LogP contribution in [0.25, 0.3) is 0 Å². The number of hydrogen-bond acceptors (Lipinski definition) is 4. The molecule has 13 heavy (non-hydrogen) atoms. The van der Waals surface area contributed by atoms with Crippen molar-refractivity contribution in [3.8, 4) is 0 Å². The van der Waals surface area contributed by atoms with Gasteiger partial charge in [0.2, 0.25) is 0 Å². The summed E-state index contributed by atoms with van der Waals surface area (Å²) in [5.41, 5.74) is 0. The number of methoxy groups -OCH3 is 2. The van der Waals surface area contributed by atoms with E-state index >= 15 is 0 Å². The summed E-state index contributed by atoms with van der Waals surface area (Å²) >= 11 is 0. The number of carbonyl (C=O) groups excluding carboxylic acids is 1. The van der Waals surface area contributed by atoms with Gasteiger partial charge in [-0.05, 0) is 13.8 Å². The molecule has 0 aliphatic heterocycles. The number of alkyl carbamates (subject to hydrolysis) is 1. The van der Waals surface area contributed by atoms with Gasteiger partial charge in [0, 0.05) is 14.2 Å². The third kappa shape index (κ3) is 4.69. The Morgan fingerprint density at radius 3 is 2.31 bits per heavy atom. The molecule has 0 rings (SSSR count). The largest absolute Gasteiger partial charge is 0.450 e. The van der Waals surface area contributed by atoms with Crippen LogP contribution in [0.2, 0.25) is 0 Å². The first kappa shape index (κ1) is 12.2. The first-order valence-electron chi connectivity index (χ1n) is 4.14. The number of nitrogens with one attached hydrogen (secondary N) is 1.